The molecule has 7 nitrogen and oxygen atoms in total. The van der Waals surface area contributed by atoms with E-state index >= 15 is 0 Å². The molecule has 0 bridgehead atoms. The summed E-state index contributed by atoms with van der Waals surface area (Å²) in [7, 11) is 1.60. The highest BCUT2D eigenvalue weighted by Crippen LogP contribution is 2.27. The summed E-state index contributed by atoms with van der Waals surface area (Å²) in [6.07, 6.45) is 5.70. The molecule has 1 saturated carbocycles. The first kappa shape index (κ1) is 20.4. The van der Waals surface area contributed by atoms with E-state index in [-0.39, 0.29) is 36.8 Å². The standard InChI is InChI=1S/C21H28N2O5/c1-27-16-7-2-4-14(10-16)12-22-20(25)11-17-8-9-18(19(13-24)28-17)23-21(26)15-5-3-6-15/h2,4,7-10,15,17-19,24H,3,5-6,11-13H2,1H3,(H,22,25)(H,23,26)/t17-,18-,19+/m0/s1. The van der Waals surface area contributed by atoms with Gasteiger partial charge in [0.05, 0.1) is 32.3 Å². The molecule has 2 aliphatic rings. The van der Waals surface area contributed by atoms with Gasteiger partial charge in [0.15, 0.2) is 0 Å². The van der Waals surface area contributed by atoms with Crippen LogP contribution in [-0.4, -0.2) is 48.9 Å². The van der Waals surface area contributed by atoms with Crippen LogP contribution >= 0.6 is 0 Å². The molecule has 0 saturated heterocycles. The van der Waals surface area contributed by atoms with Crippen LogP contribution in [0.4, 0.5) is 0 Å². The molecular weight excluding hydrogens is 360 g/mol. The highest BCUT2D eigenvalue weighted by atomic mass is 16.5. The number of aliphatic hydroxyl groups is 1. The molecule has 3 atom stereocenters. The lowest BCUT2D eigenvalue weighted by molar-refractivity contribution is -0.132. The van der Waals surface area contributed by atoms with Gasteiger partial charge in [-0.15, -0.1) is 0 Å². The van der Waals surface area contributed by atoms with E-state index < -0.39 is 12.2 Å². The number of nitrogens with one attached hydrogen (secondary N) is 2. The largest absolute Gasteiger partial charge is 0.497 e. The number of hydrogen-bond acceptors (Lipinski definition) is 5. The Morgan fingerprint density at radius 3 is 2.79 bits per heavy atom. The number of hydrogen-bond donors (Lipinski definition) is 3. The van der Waals surface area contributed by atoms with Gasteiger partial charge < -0.3 is 25.2 Å². The van der Waals surface area contributed by atoms with Crippen LogP contribution in [0, 0.1) is 5.92 Å². The number of rotatable bonds is 8. The molecule has 1 aromatic rings. The summed E-state index contributed by atoms with van der Waals surface area (Å²) in [6, 6.07) is 7.14. The highest BCUT2D eigenvalue weighted by Gasteiger charge is 2.32. The topological polar surface area (TPSA) is 96.9 Å². The minimum atomic E-state index is -0.551. The predicted molar refractivity (Wildman–Crippen MR) is 104 cm³/mol. The number of ether oxygens (including phenoxy) is 2. The normalized spacial score (nSPS) is 24.3. The molecule has 0 radical (unpaired) electrons. The van der Waals surface area contributed by atoms with Crippen LogP contribution in [0.2, 0.25) is 0 Å². The molecule has 1 aliphatic heterocycles. The Labute approximate surface area is 165 Å². The van der Waals surface area contributed by atoms with Crippen LogP contribution in [0.5, 0.6) is 5.75 Å². The summed E-state index contributed by atoms with van der Waals surface area (Å²) in [4.78, 5) is 24.4. The van der Waals surface area contributed by atoms with E-state index in [4.69, 9.17) is 9.47 Å². The molecule has 3 N–H and O–H groups in total. The van der Waals surface area contributed by atoms with Crippen molar-refractivity contribution in [2.75, 3.05) is 13.7 Å². The maximum atomic E-state index is 12.2. The SMILES string of the molecule is COc1cccc(CNC(=O)C[C@@H]2C=C[C@H](NC(=O)C3CCC3)[C@@H](CO)O2)c1. The van der Waals surface area contributed by atoms with Crippen LogP contribution < -0.4 is 15.4 Å². The molecule has 152 valence electrons. The minimum Gasteiger partial charge on any atom is -0.497 e. The molecule has 7 heteroatoms. The van der Waals surface area contributed by atoms with Gasteiger partial charge >= 0.3 is 0 Å². The number of carbonyl (C=O) groups excluding carboxylic acids is 2. The van der Waals surface area contributed by atoms with Crippen molar-refractivity contribution < 1.29 is 24.2 Å². The predicted octanol–water partition coefficient (Wildman–Crippen LogP) is 1.30. The van der Waals surface area contributed by atoms with Crippen molar-refractivity contribution in [2.45, 2.75) is 50.5 Å². The van der Waals surface area contributed by atoms with Crippen molar-refractivity contribution in [1.82, 2.24) is 10.6 Å². The summed E-state index contributed by atoms with van der Waals surface area (Å²) in [5.74, 6) is 0.683. The maximum Gasteiger partial charge on any atom is 0.223 e. The Kier molecular flexibility index (Phi) is 7.06. The zero-order chi connectivity index (χ0) is 19.9. The molecule has 1 fully saturated rings. The van der Waals surface area contributed by atoms with Gasteiger partial charge in [-0.1, -0.05) is 30.7 Å². The summed E-state index contributed by atoms with van der Waals surface area (Å²) in [5.41, 5.74) is 0.944. The number of carbonyl (C=O) groups is 2. The third-order valence-corrected chi connectivity index (χ3v) is 5.26. The second-order valence-corrected chi connectivity index (χ2v) is 7.28. The molecule has 0 aromatic heterocycles. The van der Waals surface area contributed by atoms with E-state index in [0.29, 0.717) is 6.54 Å². The van der Waals surface area contributed by atoms with Gasteiger partial charge in [0.25, 0.3) is 0 Å². The molecule has 3 rings (SSSR count). The first-order valence-corrected chi connectivity index (χ1v) is 9.73. The minimum absolute atomic E-state index is 0.0115. The Morgan fingerprint density at radius 1 is 1.29 bits per heavy atom. The average molecular weight is 388 g/mol. The van der Waals surface area contributed by atoms with Crippen LogP contribution in [-0.2, 0) is 20.9 Å². The van der Waals surface area contributed by atoms with E-state index in [2.05, 4.69) is 10.6 Å². The highest BCUT2D eigenvalue weighted by molar-refractivity contribution is 5.80. The second-order valence-electron chi connectivity index (χ2n) is 7.28. The number of benzene rings is 1. The van der Waals surface area contributed by atoms with E-state index in [1.807, 2.05) is 30.3 Å². The van der Waals surface area contributed by atoms with E-state index in [1.54, 1.807) is 13.2 Å². The average Bonchev–Trinajstić information content (AvgIpc) is 2.66. The van der Waals surface area contributed by atoms with Crippen molar-refractivity contribution >= 4 is 11.8 Å². The number of methoxy groups -OCH3 is 1. The van der Waals surface area contributed by atoms with E-state index in [9.17, 15) is 14.7 Å². The zero-order valence-electron chi connectivity index (χ0n) is 16.1. The molecular formula is C21H28N2O5. The van der Waals surface area contributed by atoms with Crippen molar-refractivity contribution in [3.8, 4) is 5.75 Å². The first-order valence-electron chi connectivity index (χ1n) is 9.73. The van der Waals surface area contributed by atoms with E-state index in [1.165, 1.54) is 0 Å². The molecule has 1 aromatic carbocycles. The summed E-state index contributed by atoms with van der Waals surface area (Å²) in [6.45, 7) is 0.178. The molecule has 28 heavy (non-hydrogen) atoms. The quantitative estimate of drug-likeness (QED) is 0.584. The molecule has 0 unspecified atom stereocenters. The summed E-state index contributed by atoms with van der Waals surface area (Å²) < 4.78 is 11.0. The molecule has 1 heterocycles. The third-order valence-electron chi connectivity index (χ3n) is 5.26. The molecule has 2 amide bonds. The molecule has 0 spiro atoms. The third kappa shape index (κ3) is 5.33. The lowest BCUT2D eigenvalue weighted by Crippen LogP contribution is -2.51. The lowest BCUT2D eigenvalue weighted by atomic mass is 9.84. The number of aliphatic hydroxyl groups excluding tert-OH is 1. The zero-order valence-corrected chi connectivity index (χ0v) is 16.1. The summed E-state index contributed by atoms with van der Waals surface area (Å²) >= 11 is 0. The fourth-order valence-electron chi connectivity index (χ4n) is 3.33. The summed E-state index contributed by atoms with van der Waals surface area (Å²) in [5, 5.41) is 15.4. The fourth-order valence-corrected chi connectivity index (χ4v) is 3.33. The van der Waals surface area contributed by atoms with Gasteiger partial charge in [0, 0.05) is 12.5 Å². The maximum absolute atomic E-state index is 12.2. The Hall–Kier alpha value is -2.38. The first-order chi connectivity index (χ1) is 13.6. The number of amides is 2. The fraction of sp³-hybridized carbons (Fsp3) is 0.524. The smallest absolute Gasteiger partial charge is 0.223 e. The van der Waals surface area contributed by atoms with Crippen molar-refractivity contribution in [1.29, 1.82) is 0 Å². The Balaban J connectivity index is 1.47. The lowest BCUT2D eigenvalue weighted by Gasteiger charge is -2.33. The van der Waals surface area contributed by atoms with Gasteiger partial charge in [0.2, 0.25) is 11.8 Å². The van der Waals surface area contributed by atoms with Gasteiger partial charge in [-0.2, -0.15) is 0 Å². The van der Waals surface area contributed by atoms with Crippen molar-refractivity contribution in [3.05, 3.63) is 42.0 Å². The second kappa shape index (κ2) is 9.71. The van der Waals surface area contributed by atoms with Gasteiger partial charge in [-0.25, -0.2) is 0 Å². The van der Waals surface area contributed by atoms with Crippen LogP contribution in [0.1, 0.15) is 31.2 Å². The van der Waals surface area contributed by atoms with Crippen LogP contribution in [0.15, 0.2) is 36.4 Å². The van der Waals surface area contributed by atoms with Crippen LogP contribution in [0.3, 0.4) is 0 Å². The van der Waals surface area contributed by atoms with Crippen molar-refractivity contribution in [3.63, 3.8) is 0 Å². The van der Waals surface area contributed by atoms with Crippen LogP contribution in [0.25, 0.3) is 0 Å². The Bertz CT molecular complexity index is 717. The van der Waals surface area contributed by atoms with Gasteiger partial charge in [-0.05, 0) is 30.5 Å². The van der Waals surface area contributed by atoms with Gasteiger partial charge in [0.1, 0.15) is 11.9 Å². The van der Waals surface area contributed by atoms with E-state index in [0.717, 1.165) is 30.6 Å². The Morgan fingerprint density at radius 2 is 2.11 bits per heavy atom. The monoisotopic (exact) mass is 388 g/mol. The van der Waals surface area contributed by atoms with Gasteiger partial charge in [-0.3, -0.25) is 9.59 Å². The molecule has 1 aliphatic carbocycles. The van der Waals surface area contributed by atoms with Crippen molar-refractivity contribution in [2.24, 2.45) is 5.92 Å².